The number of piperidine rings is 1. The molecule has 23 heavy (non-hydrogen) atoms. The molecule has 1 saturated heterocycles. The van der Waals surface area contributed by atoms with Crippen LogP contribution in [0.3, 0.4) is 0 Å². The molecule has 1 aliphatic rings. The monoisotopic (exact) mass is 321 g/mol. The number of benzene rings is 1. The quantitative estimate of drug-likeness (QED) is 0.745. The van der Waals surface area contributed by atoms with Crippen molar-refractivity contribution in [2.45, 2.75) is 25.4 Å². The van der Waals surface area contributed by atoms with E-state index in [0.717, 1.165) is 19.4 Å². The number of hydrogen-bond acceptors (Lipinski definition) is 6. The molecule has 1 aromatic carbocycles. The van der Waals surface area contributed by atoms with Crippen molar-refractivity contribution in [2.75, 3.05) is 19.8 Å². The molecule has 0 aliphatic carbocycles. The van der Waals surface area contributed by atoms with E-state index in [0.29, 0.717) is 17.7 Å². The predicted octanol–water partition coefficient (Wildman–Crippen LogP) is 0.571. The molecule has 0 radical (unpaired) electrons. The molecule has 0 unspecified atom stereocenters. The predicted molar refractivity (Wildman–Crippen MR) is 80.7 cm³/mol. The number of aromatic amines is 1. The lowest BCUT2D eigenvalue weighted by Crippen LogP contribution is -2.44. The molecule has 124 valence electrons. The number of nitrogens with zero attached hydrogens (tertiary/aromatic N) is 4. The molecule has 3 N–H and O–H groups in total. The van der Waals surface area contributed by atoms with E-state index in [4.69, 9.17) is 0 Å². The average Bonchev–Trinajstić information content (AvgIpc) is 3.11. The van der Waals surface area contributed by atoms with Crippen molar-refractivity contribution in [1.29, 1.82) is 0 Å². The average molecular weight is 321 g/mol. The standard InChI is InChI=1S/C15H20FN5O2/c16-14-11(2-1-3-13(14)15-17-19-20-18-15)7-21-5-4-10(8-22)6-12(21)9-23/h1-3,10,12,22-23H,4-9H2,(H,17,18,19,20)/t10-,12+/m1/s1. The number of halogens is 1. The number of hydrogen-bond donors (Lipinski definition) is 3. The van der Waals surface area contributed by atoms with Gasteiger partial charge in [-0.25, -0.2) is 4.39 Å². The molecule has 1 fully saturated rings. The van der Waals surface area contributed by atoms with Gasteiger partial charge in [0.2, 0.25) is 5.82 Å². The van der Waals surface area contributed by atoms with E-state index in [1.54, 1.807) is 18.2 Å². The normalized spacial score (nSPS) is 22.4. The number of aliphatic hydroxyl groups is 2. The number of likely N-dealkylation sites (tertiary alicyclic amines) is 1. The summed E-state index contributed by atoms with van der Waals surface area (Å²) < 4.78 is 14.7. The first-order valence-electron chi connectivity index (χ1n) is 7.70. The van der Waals surface area contributed by atoms with Gasteiger partial charge in [-0.05, 0) is 36.6 Å². The molecule has 0 saturated carbocycles. The molecule has 3 rings (SSSR count). The van der Waals surface area contributed by atoms with Crippen LogP contribution in [0.4, 0.5) is 4.39 Å². The molecule has 0 spiro atoms. The zero-order chi connectivity index (χ0) is 16.2. The first-order chi connectivity index (χ1) is 11.2. The van der Waals surface area contributed by atoms with E-state index in [1.807, 2.05) is 0 Å². The van der Waals surface area contributed by atoms with Crippen LogP contribution in [0, 0.1) is 11.7 Å². The molecular weight excluding hydrogens is 301 g/mol. The van der Waals surface area contributed by atoms with E-state index in [2.05, 4.69) is 25.5 Å². The van der Waals surface area contributed by atoms with Gasteiger partial charge in [0.25, 0.3) is 0 Å². The van der Waals surface area contributed by atoms with Crippen LogP contribution < -0.4 is 0 Å². The lowest BCUT2D eigenvalue weighted by molar-refractivity contribution is 0.0410. The maximum absolute atomic E-state index is 14.7. The molecule has 1 aromatic heterocycles. The van der Waals surface area contributed by atoms with Crippen LogP contribution in [-0.4, -0.2) is 61.5 Å². The van der Waals surface area contributed by atoms with Crippen LogP contribution in [0.15, 0.2) is 18.2 Å². The first kappa shape index (κ1) is 16.0. The summed E-state index contributed by atoms with van der Waals surface area (Å²) in [5.74, 6) is 0.0656. The Morgan fingerprint density at radius 1 is 1.30 bits per heavy atom. The van der Waals surface area contributed by atoms with E-state index in [-0.39, 0.29) is 36.8 Å². The van der Waals surface area contributed by atoms with Crippen molar-refractivity contribution in [1.82, 2.24) is 25.5 Å². The Kier molecular flexibility index (Phi) is 4.94. The SMILES string of the molecule is OC[C@@H]1CCN(Cc2cccc(-c3nn[nH]n3)c2F)[C@H](CO)C1. The number of aromatic nitrogens is 4. The summed E-state index contributed by atoms with van der Waals surface area (Å²) in [7, 11) is 0. The van der Waals surface area contributed by atoms with Crippen molar-refractivity contribution in [3.63, 3.8) is 0 Å². The van der Waals surface area contributed by atoms with Gasteiger partial charge in [0.05, 0.1) is 12.2 Å². The number of aliphatic hydroxyl groups excluding tert-OH is 2. The van der Waals surface area contributed by atoms with Crippen LogP contribution in [0.2, 0.25) is 0 Å². The van der Waals surface area contributed by atoms with Crippen LogP contribution in [0.1, 0.15) is 18.4 Å². The fourth-order valence-corrected chi connectivity index (χ4v) is 3.12. The summed E-state index contributed by atoms with van der Waals surface area (Å²) in [6.45, 7) is 1.26. The molecule has 1 aliphatic heterocycles. The van der Waals surface area contributed by atoms with Crippen molar-refractivity contribution >= 4 is 0 Å². The molecule has 8 heteroatoms. The van der Waals surface area contributed by atoms with Gasteiger partial charge < -0.3 is 10.2 Å². The largest absolute Gasteiger partial charge is 0.396 e. The van der Waals surface area contributed by atoms with Crippen molar-refractivity contribution in [2.24, 2.45) is 5.92 Å². The maximum atomic E-state index is 14.7. The summed E-state index contributed by atoms with van der Waals surface area (Å²) in [6, 6.07) is 5.05. The molecule has 2 heterocycles. The second kappa shape index (κ2) is 7.12. The maximum Gasteiger partial charge on any atom is 0.207 e. The summed E-state index contributed by atoms with van der Waals surface area (Å²) in [4.78, 5) is 2.06. The van der Waals surface area contributed by atoms with E-state index in [1.165, 1.54) is 0 Å². The second-order valence-corrected chi connectivity index (χ2v) is 5.89. The number of H-pyrrole nitrogens is 1. The number of rotatable bonds is 5. The van der Waals surface area contributed by atoms with Gasteiger partial charge in [-0.2, -0.15) is 5.21 Å². The number of tetrazole rings is 1. The fourth-order valence-electron chi connectivity index (χ4n) is 3.12. The number of nitrogens with one attached hydrogen (secondary N) is 1. The highest BCUT2D eigenvalue weighted by molar-refractivity contribution is 5.56. The summed E-state index contributed by atoms with van der Waals surface area (Å²) in [5, 5.41) is 32.3. The Balaban J connectivity index is 1.79. The van der Waals surface area contributed by atoms with Gasteiger partial charge in [-0.3, -0.25) is 4.90 Å². The third-order valence-corrected chi connectivity index (χ3v) is 4.45. The summed E-state index contributed by atoms with van der Waals surface area (Å²) >= 11 is 0. The van der Waals surface area contributed by atoms with Crippen LogP contribution >= 0.6 is 0 Å². The Morgan fingerprint density at radius 3 is 2.87 bits per heavy atom. The van der Waals surface area contributed by atoms with Crippen LogP contribution in [0.5, 0.6) is 0 Å². The van der Waals surface area contributed by atoms with Crippen LogP contribution in [-0.2, 0) is 6.54 Å². The zero-order valence-corrected chi connectivity index (χ0v) is 12.7. The van der Waals surface area contributed by atoms with Crippen molar-refractivity contribution in [3.05, 3.63) is 29.6 Å². The topological polar surface area (TPSA) is 98.2 Å². The lowest BCUT2D eigenvalue weighted by atomic mass is 9.91. The van der Waals surface area contributed by atoms with Gasteiger partial charge in [-0.15, -0.1) is 10.2 Å². The van der Waals surface area contributed by atoms with Crippen molar-refractivity contribution < 1.29 is 14.6 Å². The highest BCUT2D eigenvalue weighted by atomic mass is 19.1. The minimum absolute atomic E-state index is 0.00263. The molecule has 0 amide bonds. The minimum atomic E-state index is -0.366. The van der Waals surface area contributed by atoms with E-state index >= 15 is 0 Å². The Morgan fingerprint density at radius 2 is 2.17 bits per heavy atom. The Hall–Kier alpha value is -1.90. The second-order valence-electron chi connectivity index (χ2n) is 5.89. The van der Waals surface area contributed by atoms with Crippen molar-refractivity contribution in [3.8, 4) is 11.4 Å². The first-order valence-corrected chi connectivity index (χ1v) is 7.70. The highest BCUT2D eigenvalue weighted by Gasteiger charge is 2.28. The van der Waals surface area contributed by atoms with Gasteiger partial charge in [0, 0.05) is 24.8 Å². The fraction of sp³-hybridized carbons (Fsp3) is 0.533. The summed E-state index contributed by atoms with van der Waals surface area (Å²) in [5.41, 5.74) is 0.843. The molecular formula is C15H20FN5O2. The summed E-state index contributed by atoms with van der Waals surface area (Å²) in [6.07, 6.45) is 1.57. The minimum Gasteiger partial charge on any atom is -0.396 e. The highest BCUT2D eigenvalue weighted by Crippen LogP contribution is 2.27. The van der Waals surface area contributed by atoms with Crippen LogP contribution in [0.25, 0.3) is 11.4 Å². The Bertz CT molecular complexity index is 637. The van der Waals surface area contributed by atoms with E-state index < -0.39 is 0 Å². The van der Waals surface area contributed by atoms with Gasteiger partial charge in [0.15, 0.2) is 0 Å². The van der Waals surface area contributed by atoms with E-state index in [9.17, 15) is 14.6 Å². The smallest absolute Gasteiger partial charge is 0.207 e. The van der Waals surface area contributed by atoms with Gasteiger partial charge in [0.1, 0.15) is 5.82 Å². The molecule has 2 atom stereocenters. The van der Waals surface area contributed by atoms with Gasteiger partial charge >= 0.3 is 0 Å². The third-order valence-electron chi connectivity index (χ3n) is 4.45. The molecule has 2 aromatic rings. The lowest BCUT2D eigenvalue weighted by Gasteiger charge is -2.38. The van der Waals surface area contributed by atoms with Gasteiger partial charge in [-0.1, -0.05) is 12.1 Å². The zero-order valence-electron chi connectivity index (χ0n) is 12.7. The third kappa shape index (κ3) is 3.39. The molecule has 7 nitrogen and oxygen atoms in total. The Labute approximate surface area is 133 Å². The molecule has 0 bridgehead atoms.